The molecule has 6 rings (SSSR count). The number of aliphatic hydroxyl groups is 1. The zero-order valence-electron chi connectivity index (χ0n) is 27.8. The number of sulfone groups is 1. The highest BCUT2D eigenvalue weighted by molar-refractivity contribution is 7.90. The second-order valence-corrected chi connectivity index (χ2v) is 16.9. The molecule has 4 heterocycles. The van der Waals surface area contributed by atoms with Crippen molar-refractivity contribution in [3.63, 3.8) is 0 Å². The maximum Gasteiger partial charge on any atom is 0.412 e. The van der Waals surface area contributed by atoms with Crippen molar-refractivity contribution in [2.45, 2.75) is 63.3 Å². The third kappa shape index (κ3) is 5.68. The second-order valence-electron chi connectivity index (χ2n) is 14.0. The first-order chi connectivity index (χ1) is 22.2. The molecule has 16 heteroatoms. The van der Waals surface area contributed by atoms with E-state index in [1.807, 2.05) is 13.8 Å². The molecular weight excluding hydrogens is 662 g/mol. The minimum atomic E-state index is -3.87. The number of carbonyl (C=O) groups is 1. The Labute approximate surface area is 281 Å². The number of aryl methyl sites for hydroxylation is 1. The van der Waals surface area contributed by atoms with Gasteiger partial charge in [0.2, 0.25) is 15.0 Å². The van der Waals surface area contributed by atoms with Gasteiger partial charge in [-0.3, -0.25) is 10.00 Å². The summed E-state index contributed by atoms with van der Waals surface area (Å²) in [6.07, 6.45) is 0.258. The van der Waals surface area contributed by atoms with E-state index in [-0.39, 0.29) is 45.6 Å². The quantitative estimate of drug-likeness (QED) is 0.282. The molecule has 0 bridgehead atoms. The first-order valence-electron chi connectivity index (χ1n) is 15.1. The number of nitriles is 1. The topological polar surface area (TPSA) is 173 Å². The Hall–Kier alpha value is -4.17. The number of fused-ring (bicyclic) bond motifs is 4. The smallest absolute Gasteiger partial charge is 0.412 e. The van der Waals surface area contributed by atoms with Crippen molar-refractivity contribution >= 4 is 48.2 Å². The number of β-amino-alcohol motifs (C(OH)–C–C–N with tert-alkyl or cyclic N) is 1. The van der Waals surface area contributed by atoms with Crippen molar-refractivity contribution in [3.05, 3.63) is 34.8 Å². The number of rotatable bonds is 4. The molecule has 0 saturated carbocycles. The van der Waals surface area contributed by atoms with Gasteiger partial charge >= 0.3 is 6.09 Å². The van der Waals surface area contributed by atoms with Gasteiger partial charge in [0.05, 0.1) is 47.0 Å². The molecule has 0 spiro atoms. The van der Waals surface area contributed by atoms with Crippen LogP contribution in [0.2, 0.25) is 0 Å². The zero-order chi connectivity index (χ0) is 35.1. The normalized spacial score (nSPS) is 19.1. The largest absolute Gasteiger partial charge is 0.444 e. The van der Waals surface area contributed by atoms with Crippen LogP contribution in [0.15, 0.2) is 17.3 Å². The summed E-state index contributed by atoms with van der Waals surface area (Å²) in [5.41, 5.74) is 0.202. The van der Waals surface area contributed by atoms with E-state index in [0.717, 1.165) is 17.6 Å². The monoisotopic (exact) mass is 697 g/mol. The number of amides is 1. The van der Waals surface area contributed by atoms with Gasteiger partial charge in [-0.1, -0.05) is 0 Å². The minimum absolute atomic E-state index is 0.0604. The molecule has 2 aliphatic rings. The summed E-state index contributed by atoms with van der Waals surface area (Å²) >= 11 is 0.925. The molecule has 1 aliphatic heterocycles. The third-order valence-electron chi connectivity index (χ3n) is 8.22. The molecule has 0 radical (unpaired) electrons. The third-order valence-corrected chi connectivity index (χ3v) is 10.2. The number of carbonyl (C=O) groups excluding carboxylic acids is 1. The Kier molecular flexibility index (Phi) is 7.86. The van der Waals surface area contributed by atoms with E-state index in [0.29, 0.717) is 46.1 Å². The summed E-state index contributed by atoms with van der Waals surface area (Å²) in [7, 11) is -2.14. The van der Waals surface area contributed by atoms with Crippen LogP contribution in [-0.4, -0.2) is 83.1 Å². The Morgan fingerprint density at radius 3 is 2.60 bits per heavy atom. The van der Waals surface area contributed by atoms with E-state index in [1.54, 1.807) is 50.4 Å². The van der Waals surface area contributed by atoms with Crippen molar-refractivity contribution in [3.8, 4) is 28.6 Å². The van der Waals surface area contributed by atoms with E-state index in [9.17, 15) is 23.6 Å². The molecule has 4 aromatic rings. The van der Waals surface area contributed by atoms with Crippen molar-refractivity contribution in [1.29, 1.82) is 5.26 Å². The molecule has 1 aromatic carbocycles. The fourth-order valence-corrected chi connectivity index (χ4v) is 7.93. The molecule has 0 unspecified atom stereocenters. The maximum atomic E-state index is 15.4. The highest BCUT2D eigenvalue weighted by Gasteiger charge is 2.47. The van der Waals surface area contributed by atoms with Crippen LogP contribution in [-0.2, 0) is 31.8 Å². The highest BCUT2D eigenvalue weighted by Crippen LogP contribution is 2.55. The second kappa shape index (κ2) is 11.2. The Morgan fingerprint density at radius 2 is 1.96 bits per heavy atom. The van der Waals surface area contributed by atoms with Crippen LogP contribution in [0.4, 0.5) is 20.0 Å². The van der Waals surface area contributed by atoms with Gasteiger partial charge < -0.3 is 19.5 Å². The lowest BCUT2D eigenvalue weighted by molar-refractivity contribution is -0.0123. The molecule has 254 valence electrons. The molecule has 13 nitrogen and oxygen atoms in total. The van der Waals surface area contributed by atoms with E-state index in [2.05, 4.69) is 21.4 Å². The van der Waals surface area contributed by atoms with Crippen LogP contribution in [0.25, 0.3) is 32.6 Å². The lowest BCUT2D eigenvalue weighted by Gasteiger charge is -2.30. The average molecular weight is 698 g/mol. The molecule has 1 atom stereocenters. The van der Waals surface area contributed by atoms with Gasteiger partial charge in [-0.25, -0.2) is 27.6 Å². The van der Waals surface area contributed by atoms with Crippen molar-refractivity contribution < 1.29 is 32.2 Å². The Balaban J connectivity index is 1.60. The average Bonchev–Trinajstić information content (AvgIpc) is 3.51. The number of halogens is 1. The number of nitrogens with one attached hydrogen (secondary N) is 1. The molecule has 1 saturated heterocycles. The summed E-state index contributed by atoms with van der Waals surface area (Å²) in [5, 5.41) is 28.9. The summed E-state index contributed by atoms with van der Waals surface area (Å²) in [6, 6.07) is 5.01. The number of hydrogen-bond acceptors (Lipinski definition) is 12. The molecule has 3 aromatic heterocycles. The Bertz CT molecular complexity index is 2160. The number of nitrogens with zero attached hydrogens (tertiary/aromatic N) is 6. The highest BCUT2D eigenvalue weighted by atomic mass is 32.2. The predicted octanol–water partition coefficient (Wildman–Crippen LogP) is 4.75. The lowest BCUT2D eigenvalue weighted by Crippen LogP contribution is -2.42. The zero-order valence-corrected chi connectivity index (χ0v) is 29.5. The van der Waals surface area contributed by atoms with Gasteiger partial charge in [-0.2, -0.15) is 10.4 Å². The molecule has 1 aliphatic carbocycles. The van der Waals surface area contributed by atoms with Crippen LogP contribution < -0.4 is 10.2 Å². The predicted molar refractivity (Wildman–Crippen MR) is 178 cm³/mol. The molecule has 2 N–H and O–H groups in total. The van der Waals surface area contributed by atoms with E-state index >= 15 is 4.39 Å². The fraction of sp³-hybridized carbons (Fsp3) is 0.469. The van der Waals surface area contributed by atoms with Gasteiger partial charge in [-0.05, 0) is 53.7 Å². The summed E-state index contributed by atoms with van der Waals surface area (Å²) in [4.78, 5) is 23.6. The van der Waals surface area contributed by atoms with Gasteiger partial charge in [0.1, 0.15) is 39.6 Å². The van der Waals surface area contributed by atoms with E-state index in [1.165, 1.54) is 6.07 Å². The first-order valence-corrected chi connectivity index (χ1v) is 17.9. The van der Waals surface area contributed by atoms with E-state index in [4.69, 9.17) is 14.6 Å². The SMILES string of the molecule is Cn1nc2c(c1-c1ccc(F)c3sc(NC(=O)OC(C)(C)C)c(C#N)c13)C(C)(C)c1nc(S(C)(=O)=O)nc(N3CCOC[C@@](C)(O)C3)c1-2. The number of ether oxygens (including phenoxy) is 2. The summed E-state index contributed by atoms with van der Waals surface area (Å²) < 4.78 is 54.0. The number of aromatic nitrogens is 4. The fourth-order valence-electron chi connectivity index (χ4n) is 6.36. The molecule has 1 fully saturated rings. The molecular formula is C32H36FN7O6S2. The minimum Gasteiger partial charge on any atom is -0.444 e. The number of thiophene rings is 1. The standard InChI is InChI=1S/C32H36FN7O6S2/c1-30(2,3)46-29(41)37-27-17(13-34)19-16(9-10-18(33)24(19)47-27)23-21-22(38-39(23)7)20-25(31(21,4)5)35-28(48(8,43)44)36-26(20)40-11-12-45-15-32(6,42)14-40/h9-10,42H,11-12,14-15H2,1-8H3,(H,37,41)/t32-/m0/s1. The number of anilines is 2. The van der Waals surface area contributed by atoms with Crippen molar-refractivity contribution in [2.24, 2.45) is 7.05 Å². The van der Waals surface area contributed by atoms with E-state index < -0.39 is 38.4 Å². The van der Waals surface area contributed by atoms with Crippen molar-refractivity contribution in [2.75, 3.05) is 42.8 Å². The number of hydrogen-bond donors (Lipinski definition) is 2. The van der Waals surface area contributed by atoms with Gasteiger partial charge in [0.15, 0.2) is 0 Å². The van der Waals surface area contributed by atoms with Crippen LogP contribution in [0.3, 0.4) is 0 Å². The molecule has 1 amide bonds. The number of benzene rings is 1. The molecule has 48 heavy (non-hydrogen) atoms. The first kappa shape index (κ1) is 33.7. The van der Waals surface area contributed by atoms with Gasteiger partial charge in [0, 0.05) is 41.8 Å². The van der Waals surface area contributed by atoms with Crippen molar-refractivity contribution in [1.82, 2.24) is 19.7 Å². The van der Waals surface area contributed by atoms with Crippen LogP contribution in [0.5, 0.6) is 0 Å². The maximum absolute atomic E-state index is 15.4. The van der Waals surface area contributed by atoms with Crippen LogP contribution >= 0.6 is 11.3 Å². The van der Waals surface area contributed by atoms with Crippen LogP contribution in [0.1, 0.15) is 58.4 Å². The Morgan fingerprint density at radius 1 is 1.25 bits per heavy atom. The van der Waals surface area contributed by atoms with Gasteiger partial charge in [0.25, 0.3) is 0 Å². The lowest BCUT2D eigenvalue weighted by atomic mass is 9.83. The van der Waals surface area contributed by atoms with Gasteiger partial charge in [-0.15, -0.1) is 11.3 Å². The summed E-state index contributed by atoms with van der Waals surface area (Å²) in [6.45, 7) is 11.3. The summed E-state index contributed by atoms with van der Waals surface area (Å²) in [5.74, 6) is -0.278. The van der Waals surface area contributed by atoms with Crippen LogP contribution in [0, 0.1) is 17.1 Å².